The molecular formula is C17H14FN3OS. The van der Waals surface area contributed by atoms with Crippen LogP contribution in [-0.2, 0) is 0 Å². The molecule has 0 bridgehead atoms. The molecule has 6 heteroatoms. The molecule has 1 amide bonds. The second kappa shape index (κ2) is 6.26. The van der Waals surface area contributed by atoms with Gasteiger partial charge in [-0.25, -0.2) is 14.4 Å². The molecule has 0 saturated heterocycles. The number of nitrogens with zero attached hydrogens (tertiary/aromatic N) is 2. The Labute approximate surface area is 137 Å². The third-order valence-electron chi connectivity index (χ3n) is 3.26. The normalized spacial score (nSPS) is 10.6. The van der Waals surface area contributed by atoms with Gasteiger partial charge in [-0.2, -0.15) is 0 Å². The van der Waals surface area contributed by atoms with E-state index < -0.39 is 0 Å². The predicted molar refractivity (Wildman–Crippen MR) is 89.2 cm³/mol. The van der Waals surface area contributed by atoms with E-state index in [1.165, 1.54) is 23.5 Å². The van der Waals surface area contributed by atoms with Crippen molar-refractivity contribution < 1.29 is 9.18 Å². The molecule has 0 aliphatic rings. The Morgan fingerprint density at radius 3 is 2.52 bits per heavy atom. The van der Waals surface area contributed by atoms with Crippen LogP contribution < -0.4 is 5.32 Å². The Hall–Kier alpha value is -2.60. The highest BCUT2D eigenvalue weighted by atomic mass is 32.1. The van der Waals surface area contributed by atoms with Gasteiger partial charge in [-0.15, -0.1) is 11.3 Å². The van der Waals surface area contributed by atoms with Gasteiger partial charge in [0.15, 0.2) is 5.13 Å². The van der Waals surface area contributed by atoms with Crippen molar-refractivity contribution in [2.24, 2.45) is 0 Å². The molecular weight excluding hydrogens is 313 g/mol. The summed E-state index contributed by atoms with van der Waals surface area (Å²) >= 11 is 1.38. The second-order valence-corrected chi connectivity index (χ2v) is 6.25. The first-order chi connectivity index (χ1) is 11.0. The molecule has 0 radical (unpaired) electrons. The van der Waals surface area contributed by atoms with Gasteiger partial charge < -0.3 is 0 Å². The third kappa shape index (κ3) is 3.43. The molecule has 0 saturated carbocycles. The fourth-order valence-corrected chi connectivity index (χ4v) is 2.99. The molecule has 2 heterocycles. The molecule has 2 aromatic heterocycles. The zero-order valence-corrected chi connectivity index (χ0v) is 13.4. The average molecular weight is 327 g/mol. The number of pyridine rings is 1. The molecule has 0 aliphatic carbocycles. The van der Waals surface area contributed by atoms with Crippen LogP contribution in [0.4, 0.5) is 9.52 Å². The van der Waals surface area contributed by atoms with E-state index in [1.807, 2.05) is 19.9 Å². The van der Waals surface area contributed by atoms with Crippen LogP contribution in [0, 0.1) is 19.7 Å². The maximum absolute atomic E-state index is 13.0. The minimum atomic E-state index is -0.298. The minimum Gasteiger partial charge on any atom is -0.296 e. The Balaban J connectivity index is 1.83. The Bertz CT molecular complexity index is 859. The average Bonchev–Trinajstić information content (AvgIpc) is 2.88. The van der Waals surface area contributed by atoms with E-state index in [0.717, 1.165) is 21.8 Å². The number of rotatable bonds is 3. The topological polar surface area (TPSA) is 54.9 Å². The number of hydrogen-bond donors (Lipinski definition) is 1. The Kier molecular flexibility index (Phi) is 4.16. The lowest BCUT2D eigenvalue weighted by atomic mass is 10.1. The van der Waals surface area contributed by atoms with Crippen molar-refractivity contribution in [1.82, 2.24) is 9.97 Å². The van der Waals surface area contributed by atoms with Crippen molar-refractivity contribution in [3.05, 3.63) is 64.5 Å². The molecule has 0 unspecified atom stereocenters. The summed E-state index contributed by atoms with van der Waals surface area (Å²) in [5.41, 5.74) is 2.68. The van der Waals surface area contributed by atoms with Crippen LogP contribution >= 0.6 is 11.3 Å². The van der Waals surface area contributed by atoms with E-state index in [4.69, 9.17) is 0 Å². The Morgan fingerprint density at radius 1 is 1.09 bits per heavy atom. The van der Waals surface area contributed by atoms with Gasteiger partial charge in [-0.05, 0) is 50.2 Å². The van der Waals surface area contributed by atoms with E-state index >= 15 is 0 Å². The molecule has 0 aliphatic heterocycles. The maximum atomic E-state index is 13.0. The number of carbonyl (C=O) groups is 1. The molecule has 3 rings (SSSR count). The second-order valence-electron chi connectivity index (χ2n) is 5.05. The lowest BCUT2D eigenvalue weighted by molar-refractivity contribution is 0.102. The number of aryl methyl sites for hydroxylation is 2. The van der Waals surface area contributed by atoms with Gasteiger partial charge in [0.25, 0.3) is 5.91 Å². The van der Waals surface area contributed by atoms with E-state index in [0.29, 0.717) is 10.8 Å². The summed E-state index contributed by atoms with van der Waals surface area (Å²) in [5, 5.41) is 3.26. The minimum absolute atomic E-state index is 0.291. The van der Waals surface area contributed by atoms with Gasteiger partial charge in [0.2, 0.25) is 0 Å². The number of amides is 1. The summed E-state index contributed by atoms with van der Waals surface area (Å²) in [6.07, 6.45) is 0. The fraction of sp³-hybridized carbons (Fsp3) is 0.118. The first kappa shape index (κ1) is 15.3. The zero-order valence-electron chi connectivity index (χ0n) is 12.6. The number of hydrogen-bond acceptors (Lipinski definition) is 4. The van der Waals surface area contributed by atoms with Gasteiger partial charge in [0.05, 0.1) is 5.69 Å². The summed E-state index contributed by atoms with van der Waals surface area (Å²) in [4.78, 5) is 21.8. The number of benzene rings is 1. The summed E-state index contributed by atoms with van der Waals surface area (Å²) < 4.78 is 13.0. The highest BCUT2D eigenvalue weighted by molar-refractivity contribution is 7.16. The van der Waals surface area contributed by atoms with Crippen LogP contribution in [0.5, 0.6) is 0 Å². The van der Waals surface area contributed by atoms with Crippen molar-refractivity contribution in [1.29, 1.82) is 0 Å². The molecule has 23 heavy (non-hydrogen) atoms. The molecule has 1 aromatic carbocycles. The van der Waals surface area contributed by atoms with Crippen LogP contribution in [-0.4, -0.2) is 15.9 Å². The van der Waals surface area contributed by atoms with Crippen molar-refractivity contribution in [3.8, 4) is 11.3 Å². The Morgan fingerprint density at radius 2 is 1.83 bits per heavy atom. The monoisotopic (exact) mass is 327 g/mol. The van der Waals surface area contributed by atoms with Crippen LogP contribution in [0.3, 0.4) is 0 Å². The molecule has 0 fully saturated rings. The van der Waals surface area contributed by atoms with Crippen LogP contribution in [0.15, 0.2) is 42.5 Å². The van der Waals surface area contributed by atoms with Gasteiger partial charge >= 0.3 is 0 Å². The maximum Gasteiger partial charge on any atom is 0.276 e. The van der Waals surface area contributed by atoms with Gasteiger partial charge in [0, 0.05) is 16.1 Å². The van der Waals surface area contributed by atoms with Gasteiger partial charge in [0.1, 0.15) is 11.5 Å². The quantitative estimate of drug-likeness (QED) is 0.784. The molecule has 3 aromatic rings. The SMILES string of the molecule is Cc1cccc(C(=O)Nc2nc(-c3ccc(F)cc3)c(C)s2)n1. The lowest BCUT2D eigenvalue weighted by Crippen LogP contribution is -2.13. The molecule has 0 atom stereocenters. The summed E-state index contributed by atoms with van der Waals surface area (Å²) in [7, 11) is 0. The molecule has 116 valence electrons. The van der Waals surface area contributed by atoms with E-state index in [2.05, 4.69) is 15.3 Å². The number of halogens is 1. The molecule has 4 nitrogen and oxygen atoms in total. The predicted octanol–water partition coefficient (Wildman–Crippen LogP) is 4.21. The number of carbonyl (C=O) groups excluding carboxylic acids is 1. The first-order valence-corrected chi connectivity index (χ1v) is 7.83. The van der Waals surface area contributed by atoms with E-state index in [-0.39, 0.29) is 11.7 Å². The van der Waals surface area contributed by atoms with Crippen LogP contribution in [0.1, 0.15) is 21.1 Å². The summed E-state index contributed by atoms with van der Waals surface area (Å²) in [6, 6.07) is 11.4. The summed E-state index contributed by atoms with van der Waals surface area (Å²) in [6.45, 7) is 3.74. The van der Waals surface area contributed by atoms with Crippen molar-refractivity contribution in [2.45, 2.75) is 13.8 Å². The van der Waals surface area contributed by atoms with Crippen LogP contribution in [0.25, 0.3) is 11.3 Å². The van der Waals surface area contributed by atoms with Crippen molar-refractivity contribution in [3.63, 3.8) is 0 Å². The van der Waals surface area contributed by atoms with E-state index in [1.54, 1.807) is 24.3 Å². The standard InChI is InChI=1S/C17H14FN3OS/c1-10-4-3-5-14(19-10)16(22)21-17-20-15(11(2)23-17)12-6-8-13(18)9-7-12/h3-9H,1-2H3,(H,20,21,22). The highest BCUT2D eigenvalue weighted by Gasteiger charge is 2.14. The van der Waals surface area contributed by atoms with Gasteiger partial charge in [-0.3, -0.25) is 10.1 Å². The zero-order chi connectivity index (χ0) is 16.4. The number of nitrogens with one attached hydrogen (secondary N) is 1. The molecule has 0 spiro atoms. The molecule has 1 N–H and O–H groups in total. The largest absolute Gasteiger partial charge is 0.296 e. The summed E-state index contributed by atoms with van der Waals surface area (Å²) in [5.74, 6) is -0.589. The lowest BCUT2D eigenvalue weighted by Gasteiger charge is -2.01. The smallest absolute Gasteiger partial charge is 0.276 e. The number of aromatic nitrogens is 2. The third-order valence-corrected chi connectivity index (χ3v) is 4.14. The van der Waals surface area contributed by atoms with Crippen LogP contribution in [0.2, 0.25) is 0 Å². The number of anilines is 1. The van der Waals surface area contributed by atoms with Crippen molar-refractivity contribution in [2.75, 3.05) is 5.32 Å². The number of thiazole rings is 1. The first-order valence-electron chi connectivity index (χ1n) is 7.01. The van der Waals surface area contributed by atoms with Gasteiger partial charge in [-0.1, -0.05) is 6.07 Å². The van der Waals surface area contributed by atoms with Crippen molar-refractivity contribution >= 4 is 22.4 Å². The fourth-order valence-electron chi connectivity index (χ4n) is 2.16. The highest BCUT2D eigenvalue weighted by Crippen LogP contribution is 2.30. The van der Waals surface area contributed by atoms with E-state index in [9.17, 15) is 9.18 Å².